The van der Waals surface area contributed by atoms with Gasteiger partial charge in [-0.25, -0.2) is 9.97 Å². The van der Waals surface area contributed by atoms with Crippen LogP contribution in [0, 0.1) is 0 Å². The molecule has 1 aromatic carbocycles. The van der Waals surface area contributed by atoms with Gasteiger partial charge in [0, 0.05) is 38.9 Å². The SMILES string of the molecule is Cn1ccnc1C(OCc1ccccc1)c1nccn1C. The molecule has 0 bridgehead atoms. The van der Waals surface area contributed by atoms with Crippen LogP contribution in [0.15, 0.2) is 55.1 Å². The molecule has 0 atom stereocenters. The molecule has 21 heavy (non-hydrogen) atoms. The maximum absolute atomic E-state index is 6.11. The zero-order valence-corrected chi connectivity index (χ0v) is 12.2. The third kappa shape index (κ3) is 2.87. The van der Waals surface area contributed by atoms with E-state index in [1.807, 2.05) is 66.0 Å². The van der Waals surface area contributed by atoms with Gasteiger partial charge in [-0.3, -0.25) is 0 Å². The van der Waals surface area contributed by atoms with Crippen LogP contribution in [0.3, 0.4) is 0 Å². The van der Waals surface area contributed by atoms with E-state index in [1.54, 1.807) is 12.4 Å². The average Bonchev–Trinajstić information content (AvgIpc) is 3.11. The standard InChI is InChI=1S/C16H18N4O/c1-19-10-8-17-15(19)14(16-18-9-11-20(16)2)21-12-13-6-4-3-5-7-13/h3-11,14H,12H2,1-2H3. The van der Waals surface area contributed by atoms with Crippen molar-refractivity contribution in [2.24, 2.45) is 14.1 Å². The highest BCUT2D eigenvalue weighted by Gasteiger charge is 2.23. The Labute approximate surface area is 123 Å². The molecule has 0 radical (unpaired) electrons. The molecule has 5 heteroatoms. The van der Waals surface area contributed by atoms with Crippen molar-refractivity contribution in [2.75, 3.05) is 0 Å². The summed E-state index contributed by atoms with van der Waals surface area (Å²) in [7, 11) is 3.92. The van der Waals surface area contributed by atoms with Gasteiger partial charge in [-0.15, -0.1) is 0 Å². The van der Waals surface area contributed by atoms with E-state index in [0.29, 0.717) is 6.61 Å². The summed E-state index contributed by atoms with van der Waals surface area (Å²) < 4.78 is 10.0. The van der Waals surface area contributed by atoms with E-state index in [-0.39, 0.29) is 6.10 Å². The number of benzene rings is 1. The molecule has 3 rings (SSSR count). The molecule has 0 aliphatic heterocycles. The van der Waals surface area contributed by atoms with E-state index >= 15 is 0 Å². The lowest BCUT2D eigenvalue weighted by Crippen LogP contribution is -2.15. The van der Waals surface area contributed by atoms with E-state index in [4.69, 9.17) is 4.74 Å². The molecular weight excluding hydrogens is 264 g/mol. The van der Waals surface area contributed by atoms with E-state index < -0.39 is 0 Å². The number of aromatic nitrogens is 4. The minimum Gasteiger partial charge on any atom is -0.358 e. The summed E-state index contributed by atoms with van der Waals surface area (Å²) in [5, 5.41) is 0. The Morgan fingerprint density at radius 3 is 2.00 bits per heavy atom. The lowest BCUT2D eigenvalue weighted by atomic mass is 10.2. The molecule has 0 aliphatic carbocycles. The number of hydrogen-bond acceptors (Lipinski definition) is 3. The zero-order chi connectivity index (χ0) is 14.7. The Bertz CT molecular complexity index is 662. The highest BCUT2D eigenvalue weighted by atomic mass is 16.5. The molecule has 3 aromatic rings. The molecule has 0 saturated carbocycles. The van der Waals surface area contributed by atoms with Gasteiger partial charge in [0.25, 0.3) is 0 Å². The Kier molecular flexibility index (Phi) is 3.83. The third-order valence-electron chi connectivity index (χ3n) is 3.45. The molecule has 0 aliphatic rings. The van der Waals surface area contributed by atoms with Crippen LogP contribution in [-0.2, 0) is 25.4 Å². The van der Waals surface area contributed by atoms with Gasteiger partial charge in [0.15, 0.2) is 6.10 Å². The fourth-order valence-electron chi connectivity index (χ4n) is 2.28. The smallest absolute Gasteiger partial charge is 0.173 e. The van der Waals surface area contributed by atoms with E-state index in [9.17, 15) is 0 Å². The van der Waals surface area contributed by atoms with Crippen molar-refractivity contribution in [1.29, 1.82) is 0 Å². The monoisotopic (exact) mass is 282 g/mol. The average molecular weight is 282 g/mol. The summed E-state index contributed by atoms with van der Waals surface area (Å²) in [6, 6.07) is 10.1. The number of ether oxygens (including phenoxy) is 1. The predicted octanol–water partition coefficient (Wildman–Crippen LogP) is 2.46. The van der Waals surface area contributed by atoms with Crippen molar-refractivity contribution < 1.29 is 4.74 Å². The first-order valence-corrected chi connectivity index (χ1v) is 6.85. The highest BCUT2D eigenvalue weighted by molar-refractivity contribution is 5.15. The van der Waals surface area contributed by atoms with Crippen LogP contribution in [0.2, 0.25) is 0 Å². The zero-order valence-electron chi connectivity index (χ0n) is 12.2. The first-order valence-electron chi connectivity index (χ1n) is 6.85. The Hall–Kier alpha value is -2.40. The topological polar surface area (TPSA) is 44.9 Å². The minimum absolute atomic E-state index is 0.287. The summed E-state index contributed by atoms with van der Waals surface area (Å²) in [5.41, 5.74) is 1.13. The van der Waals surface area contributed by atoms with Crippen molar-refractivity contribution in [3.63, 3.8) is 0 Å². The van der Waals surface area contributed by atoms with Gasteiger partial charge >= 0.3 is 0 Å². The van der Waals surface area contributed by atoms with Crippen LogP contribution in [0.25, 0.3) is 0 Å². The molecule has 0 N–H and O–H groups in total. The van der Waals surface area contributed by atoms with Gasteiger partial charge < -0.3 is 13.9 Å². The largest absolute Gasteiger partial charge is 0.358 e. The van der Waals surface area contributed by atoms with Crippen molar-refractivity contribution in [2.45, 2.75) is 12.7 Å². The number of nitrogens with zero attached hydrogens (tertiary/aromatic N) is 4. The Balaban J connectivity index is 1.87. The van der Waals surface area contributed by atoms with Crippen LogP contribution in [0.5, 0.6) is 0 Å². The summed E-state index contributed by atoms with van der Waals surface area (Å²) in [6.45, 7) is 0.519. The number of hydrogen-bond donors (Lipinski definition) is 0. The summed E-state index contributed by atoms with van der Waals surface area (Å²) in [6.07, 6.45) is 7.09. The Morgan fingerprint density at radius 2 is 1.52 bits per heavy atom. The maximum Gasteiger partial charge on any atom is 0.173 e. The second kappa shape index (κ2) is 5.93. The maximum atomic E-state index is 6.11. The van der Waals surface area contributed by atoms with Gasteiger partial charge in [-0.1, -0.05) is 30.3 Å². The summed E-state index contributed by atoms with van der Waals surface area (Å²) in [4.78, 5) is 8.82. The van der Waals surface area contributed by atoms with Gasteiger partial charge in [0.2, 0.25) is 0 Å². The van der Waals surface area contributed by atoms with Gasteiger partial charge in [0.05, 0.1) is 6.61 Å². The highest BCUT2D eigenvalue weighted by Crippen LogP contribution is 2.24. The minimum atomic E-state index is -0.287. The van der Waals surface area contributed by atoms with E-state index in [1.165, 1.54) is 0 Å². The van der Waals surface area contributed by atoms with Crippen LogP contribution in [-0.4, -0.2) is 19.1 Å². The Morgan fingerprint density at radius 1 is 0.952 bits per heavy atom. The molecule has 2 aromatic heterocycles. The third-order valence-corrected chi connectivity index (χ3v) is 3.45. The van der Waals surface area contributed by atoms with Gasteiger partial charge in [0.1, 0.15) is 11.6 Å². The van der Waals surface area contributed by atoms with Crippen molar-refractivity contribution in [3.05, 3.63) is 72.3 Å². The lowest BCUT2D eigenvalue weighted by Gasteiger charge is -2.17. The lowest BCUT2D eigenvalue weighted by molar-refractivity contribution is 0.0519. The predicted molar refractivity (Wildman–Crippen MR) is 79.5 cm³/mol. The van der Waals surface area contributed by atoms with E-state index in [0.717, 1.165) is 17.2 Å². The normalized spacial score (nSPS) is 11.2. The van der Waals surface area contributed by atoms with Gasteiger partial charge in [-0.05, 0) is 5.56 Å². The fraction of sp³-hybridized carbons (Fsp3) is 0.250. The molecule has 2 heterocycles. The summed E-state index contributed by atoms with van der Waals surface area (Å²) in [5.74, 6) is 1.69. The second-order valence-corrected chi connectivity index (χ2v) is 4.97. The molecule has 0 fully saturated rings. The summed E-state index contributed by atoms with van der Waals surface area (Å²) >= 11 is 0. The molecular formula is C16H18N4O. The molecule has 0 unspecified atom stereocenters. The molecule has 0 saturated heterocycles. The number of imidazole rings is 2. The molecule has 0 amide bonds. The van der Waals surface area contributed by atoms with Crippen LogP contribution < -0.4 is 0 Å². The van der Waals surface area contributed by atoms with Crippen LogP contribution in [0.4, 0.5) is 0 Å². The molecule has 0 spiro atoms. The number of rotatable bonds is 5. The first-order chi connectivity index (χ1) is 10.3. The van der Waals surface area contributed by atoms with Crippen molar-refractivity contribution >= 4 is 0 Å². The fourth-order valence-corrected chi connectivity index (χ4v) is 2.28. The second-order valence-electron chi connectivity index (χ2n) is 4.97. The van der Waals surface area contributed by atoms with Crippen molar-refractivity contribution in [1.82, 2.24) is 19.1 Å². The van der Waals surface area contributed by atoms with Crippen LogP contribution >= 0.6 is 0 Å². The van der Waals surface area contributed by atoms with Gasteiger partial charge in [-0.2, -0.15) is 0 Å². The first kappa shape index (κ1) is 13.6. The number of aryl methyl sites for hydroxylation is 2. The van der Waals surface area contributed by atoms with Crippen molar-refractivity contribution in [3.8, 4) is 0 Å². The van der Waals surface area contributed by atoms with E-state index in [2.05, 4.69) is 9.97 Å². The molecule has 108 valence electrons. The molecule has 5 nitrogen and oxygen atoms in total. The quantitative estimate of drug-likeness (QED) is 0.722. The van der Waals surface area contributed by atoms with Crippen LogP contribution in [0.1, 0.15) is 23.3 Å².